The Bertz CT molecular complexity index is 819. The monoisotopic (exact) mass is 365 g/mol. The molecule has 1 unspecified atom stereocenters. The van der Waals surface area contributed by atoms with E-state index in [9.17, 15) is 19.7 Å². The van der Waals surface area contributed by atoms with Crippen molar-refractivity contribution in [1.29, 1.82) is 0 Å². The largest absolute Gasteiger partial charge is 0.495 e. The molecule has 1 N–H and O–H groups in total. The van der Waals surface area contributed by atoms with E-state index in [0.717, 1.165) is 11.3 Å². The fourth-order valence-corrected chi connectivity index (χ4v) is 2.59. The lowest BCUT2D eigenvalue weighted by Gasteiger charge is -2.14. The predicted molar refractivity (Wildman–Crippen MR) is 90.0 cm³/mol. The minimum Gasteiger partial charge on any atom is -0.495 e. The van der Waals surface area contributed by atoms with E-state index in [2.05, 4.69) is 10.3 Å². The number of carbonyl (C=O) groups excluding carboxylic acids is 2. The number of nitro benzene ring substituents is 1. The highest BCUT2D eigenvalue weighted by Gasteiger charge is 2.23. The molecule has 1 aromatic heterocycles. The van der Waals surface area contributed by atoms with Crippen LogP contribution in [0.4, 0.5) is 11.4 Å². The van der Waals surface area contributed by atoms with Gasteiger partial charge in [0.05, 0.1) is 28.9 Å². The molecule has 10 heteroatoms. The summed E-state index contributed by atoms with van der Waals surface area (Å²) in [5.74, 6) is -1.06. The first-order chi connectivity index (χ1) is 11.8. The van der Waals surface area contributed by atoms with Crippen molar-refractivity contribution in [2.45, 2.75) is 20.0 Å². The highest BCUT2D eigenvalue weighted by atomic mass is 32.1. The average molecular weight is 365 g/mol. The normalized spacial score (nSPS) is 11.5. The molecule has 1 atom stereocenters. The highest BCUT2D eigenvalue weighted by Crippen LogP contribution is 2.29. The summed E-state index contributed by atoms with van der Waals surface area (Å²) in [4.78, 5) is 38.8. The van der Waals surface area contributed by atoms with Gasteiger partial charge in [0, 0.05) is 12.1 Å². The van der Waals surface area contributed by atoms with Gasteiger partial charge in [-0.05, 0) is 19.9 Å². The van der Waals surface area contributed by atoms with E-state index in [-0.39, 0.29) is 17.1 Å². The molecule has 0 radical (unpaired) electrons. The fraction of sp³-hybridized carbons (Fsp3) is 0.267. The maximum absolute atomic E-state index is 12.2. The van der Waals surface area contributed by atoms with Gasteiger partial charge in [0.1, 0.15) is 10.6 Å². The number of nitro groups is 1. The van der Waals surface area contributed by atoms with Gasteiger partial charge in [-0.15, -0.1) is 11.3 Å². The second-order valence-electron chi connectivity index (χ2n) is 4.95. The number of nitrogens with zero attached hydrogens (tertiary/aromatic N) is 2. The summed E-state index contributed by atoms with van der Waals surface area (Å²) >= 11 is 1.11. The lowest BCUT2D eigenvalue weighted by Crippen LogP contribution is -2.30. The van der Waals surface area contributed by atoms with Crippen LogP contribution in [-0.4, -0.2) is 35.0 Å². The number of aromatic nitrogens is 1. The third-order valence-electron chi connectivity index (χ3n) is 3.24. The quantitative estimate of drug-likeness (QED) is 0.474. The Balaban J connectivity index is 2.10. The fourth-order valence-electron chi connectivity index (χ4n) is 1.91. The number of aryl methyl sites for hydroxylation is 1. The summed E-state index contributed by atoms with van der Waals surface area (Å²) in [5, 5.41) is 13.3. The van der Waals surface area contributed by atoms with Crippen LogP contribution in [0.25, 0.3) is 0 Å². The molecular weight excluding hydrogens is 350 g/mol. The van der Waals surface area contributed by atoms with Crippen molar-refractivity contribution in [2.75, 3.05) is 12.4 Å². The first-order valence-corrected chi connectivity index (χ1v) is 7.95. The van der Waals surface area contributed by atoms with Crippen LogP contribution in [0.5, 0.6) is 5.75 Å². The number of anilines is 1. The number of nitrogens with one attached hydrogen (secondary N) is 1. The summed E-state index contributed by atoms with van der Waals surface area (Å²) in [6, 6.07) is 3.79. The Morgan fingerprint density at radius 1 is 1.40 bits per heavy atom. The minimum atomic E-state index is -1.11. The van der Waals surface area contributed by atoms with Crippen LogP contribution in [0.15, 0.2) is 23.7 Å². The Kier molecular flexibility index (Phi) is 5.65. The molecule has 0 fully saturated rings. The third-order valence-corrected chi connectivity index (χ3v) is 4.14. The number of amides is 1. The summed E-state index contributed by atoms with van der Waals surface area (Å²) in [5.41, 5.74) is 1.92. The van der Waals surface area contributed by atoms with Gasteiger partial charge in [-0.2, -0.15) is 0 Å². The van der Waals surface area contributed by atoms with E-state index in [4.69, 9.17) is 9.47 Å². The maximum atomic E-state index is 12.2. The zero-order chi connectivity index (χ0) is 18.6. The topological polar surface area (TPSA) is 121 Å². The lowest BCUT2D eigenvalue weighted by molar-refractivity contribution is -0.384. The molecular formula is C15H15N3O6S. The first kappa shape index (κ1) is 18.3. The number of hydrogen-bond acceptors (Lipinski definition) is 8. The van der Waals surface area contributed by atoms with Gasteiger partial charge < -0.3 is 14.8 Å². The lowest BCUT2D eigenvalue weighted by atomic mass is 10.2. The van der Waals surface area contributed by atoms with Crippen molar-refractivity contribution in [3.05, 3.63) is 44.4 Å². The molecule has 1 aromatic carbocycles. The van der Waals surface area contributed by atoms with Gasteiger partial charge in [0.25, 0.3) is 11.6 Å². The van der Waals surface area contributed by atoms with E-state index in [1.807, 2.05) is 0 Å². The van der Waals surface area contributed by atoms with E-state index in [1.54, 1.807) is 6.92 Å². The van der Waals surface area contributed by atoms with Crippen molar-refractivity contribution < 1.29 is 24.0 Å². The number of non-ortho nitro benzene ring substituents is 1. The van der Waals surface area contributed by atoms with Crippen LogP contribution in [-0.2, 0) is 9.53 Å². The molecule has 0 saturated carbocycles. The number of benzene rings is 1. The van der Waals surface area contributed by atoms with Crippen LogP contribution in [0.2, 0.25) is 0 Å². The SMILES string of the molecule is COc1ccc([N+](=O)[O-])cc1NC(=O)C(C)OC(=O)c1scnc1C. The Morgan fingerprint density at radius 3 is 2.68 bits per heavy atom. The number of methoxy groups -OCH3 is 1. The maximum Gasteiger partial charge on any atom is 0.351 e. The van der Waals surface area contributed by atoms with E-state index >= 15 is 0 Å². The van der Waals surface area contributed by atoms with Crippen LogP contribution < -0.4 is 10.1 Å². The number of hydrogen-bond donors (Lipinski definition) is 1. The Morgan fingerprint density at radius 2 is 2.12 bits per heavy atom. The van der Waals surface area contributed by atoms with Gasteiger partial charge in [-0.25, -0.2) is 9.78 Å². The second kappa shape index (κ2) is 7.71. The minimum absolute atomic E-state index is 0.110. The van der Waals surface area contributed by atoms with E-state index < -0.39 is 22.9 Å². The van der Waals surface area contributed by atoms with Crippen LogP contribution in [0.3, 0.4) is 0 Å². The van der Waals surface area contributed by atoms with Crippen molar-refractivity contribution >= 4 is 34.6 Å². The van der Waals surface area contributed by atoms with Gasteiger partial charge in [0.2, 0.25) is 0 Å². The van der Waals surface area contributed by atoms with Crippen LogP contribution in [0, 0.1) is 17.0 Å². The smallest absolute Gasteiger partial charge is 0.351 e. The van der Waals surface area contributed by atoms with Crippen molar-refractivity contribution in [3.8, 4) is 5.75 Å². The molecule has 9 nitrogen and oxygen atoms in total. The first-order valence-electron chi connectivity index (χ1n) is 7.07. The standard InChI is InChI=1S/C15H15N3O6S/c1-8-13(25-7-16-8)15(20)24-9(2)14(19)17-11-6-10(18(21)22)4-5-12(11)23-3/h4-7,9H,1-3H3,(H,17,19). The second-order valence-corrected chi connectivity index (χ2v) is 5.80. The zero-order valence-electron chi connectivity index (χ0n) is 13.6. The molecule has 1 amide bonds. The molecule has 0 spiro atoms. The molecule has 132 valence electrons. The van der Waals surface area contributed by atoms with E-state index in [0.29, 0.717) is 10.6 Å². The molecule has 0 saturated heterocycles. The molecule has 2 rings (SSSR count). The average Bonchev–Trinajstić information content (AvgIpc) is 3.00. The zero-order valence-corrected chi connectivity index (χ0v) is 14.5. The van der Waals surface area contributed by atoms with Crippen molar-refractivity contribution in [1.82, 2.24) is 4.98 Å². The Hall–Kier alpha value is -3.01. The molecule has 0 aliphatic heterocycles. The highest BCUT2D eigenvalue weighted by molar-refractivity contribution is 7.11. The van der Waals surface area contributed by atoms with Crippen molar-refractivity contribution in [2.24, 2.45) is 0 Å². The number of carbonyl (C=O) groups is 2. The van der Waals surface area contributed by atoms with Crippen molar-refractivity contribution in [3.63, 3.8) is 0 Å². The van der Waals surface area contributed by atoms with Gasteiger partial charge in [-0.1, -0.05) is 0 Å². The van der Waals surface area contributed by atoms with Gasteiger partial charge in [0.15, 0.2) is 6.10 Å². The summed E-state index contributed by atoms with van der Waals surface area (Å²) in [7, 11) is 1.37. The molecule has 1 heterocycles. The summed E-state index contributed by atoms with van der Waals surface area (Å²) in [6.07, 6.45) is -1.11. The van der Waals surface area contributed by atoms with Crippen LogP contribution in [0.1, 0.15) is 22.3 Å². The molecule has 25 heavy (non-hydrogen) atoms. The summed E-state index contributed by atoms with van der Waals surface area (Å²) in [6.45, 7) is 3.05. The molecule has 0 bridgehead atoms. The van der Waals surface area contributed by atoms with Crippen LogP contribution >= 0.6 is 11.3 Å². The number of esters is 1. The Labute approximate surface area is 146 Å². The van der Waals surface area contributed by atoms with Gasteiger partial charge in [-0.3, -0.25) is 14.9 Å². The molecule has 0 aliphatic carbocycles. The van der Waals surface area contributed by atoms with E-state index in [1.165, 1.54) is 37.7 Å². The molecule has 2 aromatic rings. The van der Waals surface area contributed by atoms with Gasteiger partial charge >= 0.3 is 5.97 Å². The predicted octanol–water partition coefficient (Wildman–Crippen LogP) is 2.55. The number of rotatable bonds is 6. The number of ether oxygens (including phenoxy) is 2. The molecule has 0 aliphatic rings. The number of thiazole rings is 1. The third kappa shape index (κ3) is 4.29. The summed E-state index contributed by atoms with van der Waals surface area (Å²) < 4.78 is 10.2.